The lowest BCUT2D eigenvalue weighted by molar-refractivity contribution is -0.137. The predicted molar refractivity (Wildman–Crippen MR) is 141 cm³/mol. The average molecular weight is 506 g/mol. The SMILES string of the molecule is O=C(O)CCCN1CCC(c2ccc3c(c2)C2(CCCCC2)c2nc(=O)c4c(Cl)cccc4n2-3)CC1. The number of carboxylic acid groups (broad SMARTS) is 1. The van der Waals surface area contributed by atoms with Gasteiger partial charge in [0.25, 0.3) is 5.56 Å². The molecule has 1 aliphatic carbocycles. The van der Waals surface area contributed by atoms with E-state index in [-0.39, 0.29) is 17.4 Å². The van der Waals surface area contributed by atoms with Crippen LogP contribution in [-0.4, -0.2) is 45.2 Å². The van der Waals surface area contributed by atoms with Crippen molar-refractivity contribution >= 4 is 28.5 Å². The highest BCUT2D eigenvalue weighted by atomic mass is 35.5. The summed E-state index contributed by atoms with van der Waals surface area (Å²) >= 11 is 6.47. The third-order valence-corrected chi connectivity index (χ3v) is 9.02. The van der Waals surface area contributed by atoms with Crippen molar-refractivity contribution in [1.29, 1.82) is 0 Å². The predicted octanol–water partition coefficient (Wildman–Crippen LogP) is 5.65. The summed E-state index contributed by atoms with van der Waals surface area (Å²) in [4.78, 5) is 31.1. The number of likely N-dealkylation sites (tertiary alicyclic amines) is 1. The largest absolute Gasteiger partial charge is 0.481 e. The van der Waals surface area contributed by atoms with Crippen molar-refractivity contribution in [3.05, 3.63) is 68.7 Å². The van der Waals surface area contributed by atoms with Gasteiger partial charge >= 0.3 is 5.97 Å². The van der Waals surface area contributed by atoms with Crippen molar-refractivity contribution in [1.82, 2.24) is 14.5 Å². The molecule has 2 aliphatic heterocycles. The van der Waals surface area contributed by atoms with Gasteiger partial charge in [0.05, 0.1) is 27.0 Å². The molecule has 188 valence electrons. The fourth-order valence-corrected chi connectivity index (χ4v) is 7.14. The molecule has 3 aliphatic rings. The second kappa shape index (κ2) is 9.31. The fraction of sp³-hybridized carbons (Fsp3) is 0.483. The molecule has 1 saturated heterocycles. The highest BCUT2D eigenvalue weighted by Crippen LogP contribution is 2.52. The summed E-state index contributed by atoms with van der Waals surface area (Å²) in [6.45, 7) is 2.87. The molecule has 0 unspecified atom stereocenters. The van der Waals surface area contributed by atoms with E-state index in [4.69, 9.17) is 21.7 Å². The number of carbonyl (C=O) groups is 1. The maximum absolute atomic E-state index is 13.1. The van der Waals surface area contributed by atoms with E-state index in [9.17, 15) is 9.59 Å². The Morgan fingerprint density at radius 2 is 1.89 bits per heavy atom. The molecular formula is C29H32ClN3O3. The second-order valence-corrected chi connectivity index (χ2v) is 11.1. The number of halogens is 1. The molecule has 1 aromatic heterocycles. The van der Waals surface area contributed by atoms with E-state index in [0.717, 1.165) is 75.2 Å². The molecule has 3 aromatic rings. The van der Waals surface area contributed by atoms with Gasteiger partial charge in [-0.3, -0.25) is 14.2 Å². The second-order valence-electron chi connectivity index (χ2n) is 10.7. The van der Waals surface area contributed by atoms with E-state index in [1.54, 1.807) is 6.07 Å². The maximum Gasteiger partial charge on any atom is 0.303 e. The van der Waals surface area contributed by atoms with Crippen LogP contribution in [0.4, 0.5) is 0 Å². The summed E-state index contributed by atoms with van der Waals surface area (Å²) in [5.41, 5.74) is 4.25. The minimum atomic E-state index is -0.716. The summed E-state index contributed by atoms with van der Waals surface area (Å²) < 4.78 is 2.21. The van der Waals surface area contributed by atoms with E-state index >= 15 is 0 Å². The zero-order valence-corrected chi connectivity index (χ0v) is 21.3. The summed E-state index contributed by atoms with van der Waals surface area (Å²) in [6.07, 6.45) is 8.66. The standard InChI is InChI=1S/C29H32ClN3O3/c30-22-6-4-7-24-26(22)27(36)31-28-29(13-2-1-3-14-29)21-18-20(9-10-23(21)33(24)28)19-11-16-32(17-12-19)15-5-8-25(34)35/h4,6-7,9-10,18-19H,1-3,5,8,11-17H2,(H,34,35). The lowest BCUT2D eigenvalue weighted by Gasteiger charge is -2.35. The van der Waals surface area contributed by atoms with Crippen molar-refractivity contribution in [3.63, 3.8) is 0 Å². The highest BCUT2D eigenvalue weighted by Gasteiger charge is 2.46. The molecule has 36 heavy (non-hydrogen) atoms. The number of benzene rings is 2. The van der Waals surface area contributed by atoms with E-state index < -0.39 is 5.97 Å². The molecule has 6 rings (SSSR count). The zero-order valence-electron chi connectivity index (χ0n) is 20.5. The quantitative estimate of drug-likeness (QED) is 0.485. The van der Waals surface area contributed by atoms with Crippen molar-refractivity contribution in [2.24, 2.45) is 0 Å². The summed E-state index contributed by atoms with van der Waals surface area (Å²) in [5.74, 6) is 0.670. The first-order valence-corrected chi connectivity index (χ1v) is 13.7. The van der Waals surface area contributed by atoms with Crippen LogP contribution in [0.1, 0.15) is 80.7 Å². The number of hydrogen-bond acceptors (Lipinski definition) is 4. The molecule has 7 heteroatoms. The molecule has 1 N–H and O–H groups in total. The van der Waals surface area contributed by atoms with E-state index in [1.807, 2.05) is 12.1 Å². The molecule has 0 amide bonds. The number of carboxylic acids is 1. The maximum atomic E-state index is 13.1. The lowest BCUT2D eigenvalue weighted by Crippen LogP contribution is -2.34. The van der Waals surface area contributed by atoms with E-state index in [2.05, 4.69) is 27.7 Å². The normalized spacial score (nSPS) is 19.5. The van der Waals surface area contributed by atoms with E-state index in [1.165, 1.54) is 17.5 Å². The van der Waals surface area contributed by atoms with Crippen LogP contribution in [0.5, 0.6) is 0 Å². The Morgan fingerprint density at radius 3 is 2.64 bits per heavy atom. The Kier molecular flexibility index (Phi) is 6.12. The zero-order chi connectivity index (χ0) is 24.9. The van der Waals surface area contributed by atoms with Crippen LogP contribution >= 0.6 is 11.6 Å². The van der Waals surface area contributed by atoms with Crippen molar-refractivity contribution in [3.8, 4) is 5.69 Å². The Morgan fingerprint density at radius 1 is 1.11 bits per heavy atom. The third-order valence-electron chi connectivity index (χ3n) is 8.70. The highest BCUT2D eigenvalue weighted by molar-refractivity contribution is 6.35. The molecule has 0 bridgehead atoms. The van der Waals surface area contributed by atoms with Gasteiger partial charge in [0, 0.05) is 6.42 Å². The van der Waals surface area contributed by atoms with Gasteiger partial charge in [-0.15, -0.1) is 0 Å². The monoisotopic (exact) mass is 505 g/mol. The molecule has 1 saturated carbocycles. The van der Waals surface area contributed by atoms with Crippen LogP contribution in [0.3, 0.4) is 0 Å². The molecule has 0 atom stereocenters. The summed E-state index contributed by atoms with van der Waals surface area (Å²) in [7, 11) is 0. The molecule has 2 aromatic carbocycles. The van der Waals surface area contributed by atoms with Gasteiger partial charge in [0.15, 0.2) is 0 Å². The Balaban J connectivity index is 1.37. The van der Waals surface area contributed by atoms with Crippen LogP contribution in [-0.2, 0) is 10.2 Å². The third kappa shape index (κ3) is 3.86. The van der Waals surface area contributed by atoms with Crippen LogP contribution < -0.4 is 5.56 Å². The van der Waals surface area contributed by atoms with Crippen molar-refractivity contribution < 1.29 is 9.90 Å². The number of aliphatic carboxylic acids is 1. The Bertz CT molecular complexity index is 1380. The minimum Gasteiger partial charge on any atom is -0.481 e. The van der Waals surface area contributed by atoms with Gasteiger partial charge in [0.2, 0.25) is 0 Å². The average Bonchev–Trinajstić information content (AvgIpc) is 3.13. The Labute approximate surface area is 215 Å². The first kappa shape index (κ1) is 23.7. The number of piperidine rings is 1. The summed E-state index contributed by atoms with van der Waals surface area (Å²) in [6, 6.07) is 12.6. The van der Waals surface area contributed by atoms with Crippen LogP contribution in [0, 0.1) is 0 Å². The van der Waals surface area contributed by atoms with Gasteiger partial charge in [-0.05, 0) is 87.0 Å². The van der Waals surface area contributed by atoms with Crippen LogP contribution in [0.2, 0.25) is 5.02 Å². The number of fused-ring (bicyclic) bond motifs is 7. The first-order chi connectivity index (χ1) is 17.5. The minimum absolute atomic E-state index is 0.212. The van der Waals surface area contributed by atoms with Gasteiger partial charge in [-0.2, -0.15) is 4.98 Å². The van der Waals surface area contributed by atoms with Crippen molar-refractivity contribution in [2.75, 3.05) is 19.6 Å². The number of nitrogens with zero attached hydrogens (tertiary/aromatic N) is 3. The Hall–Kier alpha value is -2.70. The van der Waals surface area contributed by atoms with Crippen LogP contribution in [0.15, 0.2) is 41.2 Å². The van der Waals surface area contributed by atoms with Gasteiger partial charge in [-0.25, -0.2) is 0 Å². The number of rotatable bonds is 5. The lowest BCUT2D eigenvalue weighted by atomic mass is 9.69. The van der Waals surface area contributed by atoms with Gasteiger partial charge in [-0.1, -0.05) is 49.1 Å². The molecular weight excluding hydrogens is 474 g/mol. The smallest absolute Gasteiger partial charge is 0.303 e. The molecule has 2 fully saturated rings. The molecule has 0 radical (unpaired) electrons. The fourth-order valence-electron chi connectivity index (χ4n) is 6.89. The first-order valence-electron chi connectivity index (χ1n) is 13.3. The van der Waals surface area contributed by atoms with Gasteiger partial charge in [0.1, 0.15) is 5.82 Å². The van der Waals surface area contributed by atoms with E-state index in [0.29, 0.717) is 22.7 Å². The van der Waals surface area contributed by atoms with Crippen LogP contribution in [0.25, 0.3) is 16.6 Å². The molecule has 3 heterocycles. The van der Waals surface area contributed by atoms with Crippen molar-refractivity contribution in [2.45, 2.75) is 69.1 Å². The molecule has 1 spiro atoms. The van der Waals surface area contributed by atoms with Gasteiger partial charge < -0.3 is 10.0 Å². The number of hydrogen-bond donors (Lipinski definition) is 1. The number of aromatic nitrogens is 2. The topological polar surface area (TPSA) is 75.4 Å². The molecule has 6 nitrogen and oxygen atoms in total. The summed E-state index contributed by atoms with van der Waals surface area (Å²) in [5, 5.41) is 9.88.